The molecule has 0 bridgehead atoms. The molecule has 1 aliphatic heterocycles. The zero-order valence-electron chi connectivity index (χ0n) is 16.8. The van der Waals surface area contributed by atoms with Crippen LogP contribution in [0, 0.1) is 6.92 Å². The molecule has 1 radical (unpaired) electrons. The molecule has 2 nitrogen and oxygen atoms in total. The first kappa shape index (κ1) is 19.9. The summed E-state index contributed by atoms with van der Waals surface area (Å²) >= 11 is 6.53. The third kappa shape index (κ3) is 4.30. The van der Waals surface area contributed by atoms with Gasteiger partial charge in [-0.2, -0.15) is 0 Å². The third-order valence-corrected chi connectivity index (χ3v) is 7.13. The fraction of sp³-hybridized carbons (Fsp3) is 0.480. The molecule has 1 atom stereocenters. The van der Waals surface area contributed by atoms with Gasteiger partial charge in [0.05, 0.1) is 5.54 Å². The minimum Gasteiger partial charge on any atom is -0.298 e. The van der Waals surface area contributed by atoms with Crippen molar-refractivity contribution in [2.24, 2.45) is 0 Å². The average Bonchev–Trinajstić information content (AvgIpc) is 2.77. The Kier molecular flexibility index (Phi) is 6.40. The maximum atomic E-state index is 6.53. The highest BCUT2D eigenvalue weighted by Gasteiger charge is 2.37. The Labute approximate surface area is 175 Å². The van der Waals surface area contributed by atoms with Gasteiger partial charge in [0.25, 0.3) is 0 Å². The van der Waals surface area contributed by atoms with Gasteiger partial charge in [-0.1, -0.05) is 79.4 Å². The third-order valence-electron chi connectivity index (χ3n) is 6.76. The maximum absolute atomic E-state index is 6.53. The van der Waals surface area contributed by atoms with E-state index in [1.54, 1.807) is 0 Å². The summed E-state index contributed by atoms with van der Waals surface area (Å²) in [6.45, 7) is 9.22. The van der Waals surface area contributed by atoms with Gasteiger partial charge in [0.2, 0.25) is 0 Å². The zero-order valence-corrected chi connectivity index (χ0v) is 17.6. The predicted octanol–water partition coefficient (Wildman–Crippen LogP) is 5.56. The van der Waals surface area contributed by atoms with Crippen molar-refractivity contribution in [2.45, 2.75) is 50.1 Å². The monoisotopic (exact) mass is 395 g/mol. The van der Waals surface area contributed by atoms with Crippen LogP contribution in [0.2, 0.25) is 5.02 Å². The van der Waals surface area contributed by atoms with Gasteiger partial charge in [-0.3, -0.25) is 9.80 Å². The Morgan fingerprint density at radius 1 is 0.857 bits per heavy atom. The van der Waals surface area contributed by atoms with Crippen LogP contribution in [0.5, 0.6) is 0 Å². The summed E-state index contributed by atoms with van der Waals surface area (Å²) in [7, 11) is 0. The van der Waals surface area contributed by atoms with Crippen LogP contribution in [0.25, 0.3) is 0 Å². The highest BCUT2D eigenvalue weighted by atomic mass is 35.5. The van der Waals surface area contributed by atoms with Crippen molar-refractivity contribution in [3.63, 3.8) is 0 Å². The largest absolute Gasteiger partial charge is 0.298 e. The second-order valence-electron chi connectivity index (χ2n) is 8.48. The van der Waals surface area contributed by atoms with Crippen molar-refractivity contribution in [3.05, 3.63) is 77.7 Å². The molecule has 149 valence electrons. The Morgan fingerprint density at radius 3 is 2.18 bits per heavy atom. The summed E-state index contributed by atoms with van der Waals surface area (Å²) in [4.78, 5) is 5.32. The quantitative estimate of drug-likeness (QED) is 0.653. The van der Waals surface area contributed by atoms with Crippen molar-refractivity contribution in [2.75, 3.05) is 26.2 Å². The molecule has 1 unspecified atom stereocenters. The second-order valence-corrected chi connectivity index (χ2v) is 8.89. The summed E-state index contributed by atoms with van der Waals surface area (Å²) in [5.41, 5.74) is 2.17. The van der Waals surface area contributed by atoms with E-state index in [9.17, 15) is 0 Å². The summed E-state index contributed by atoms with van der Waals surface area (Å²) < 4.78 is 0. The lowest BCUT2D eigenvalue weighted by Crippen LogP contribution is -2.57. The van der Waals surface area contributed by atoms with E-state index >= 15 is 0 Å². The molecule has 3 heteroatoms. The van der Waals surface area contributed by atoms with E-state index in [1.807, 2.05) is 12.1 Å². The smallest absolute Gasteiger partial charge is 0.0503 e. The van der Waals surface area contributed by atoms with Crippen LogP contribution in [0.1, 0.15) is 43.2 Å². The summed E-state index contributed by atoms with van der Waals surface area (Å²) in [6, 6.07) is 19.8. The SMILES string of the molecule is [CH2]C(Cc1ccccc1Cl)(c1ccccc1)N1CCN(C2CCCCC2)CC1. The van der Waals surface area contributed by atoms with E-state index < -0.39 is 0 Å². The minimum atomic E-state index is -0.287. The Hall–Kier alpha value is -1.35. The van der Waals surface area contributed by atoms with Crippen molar-refractivity contribution >= 4 is 11.6 Å². The lowest BCUT2D eigenvalue weighted by Gasteiger charge is -2.48. The average molecular weight is 396 g/mol. The lowest BCUT2D eigenvalue weighted by molar-refractivity contribution is 0.0277. The van der Waals surface area contributed by atoms with Crippen LogP contribution in [-0.4, -0.2) is 42.0 Å². The number of benzene rings is 2. The van der Waals surface area contributed by atoms with Gasteiger partial charge < -0.3 is 0 Å². The molecule has 2 aromatic rings. The van der Waals surface area contributed by atoms with Gasteiger partial charge in [-0.15, -0.1) is 0 Å². The van der Waals surface area contributed by atoms with Crippen molar-refractivity contribution in [3.8, 4) is 0 Å². The molecule has 1 heterocycles. The highest BCUT2D eigenvalue weighted by molar-refractivity contribution is 6.31. The molecule has 0 amide bonds. The summed E-state index contributed by atoms with van der Waals surface area (Å²) in [6.07, 6.45) is 7.83. The number of hydrogen-bond acceptors (Lipinski definition) is 2. The number of piperazine rings is 1. The topological polar surface area (TPSA) is 6.48 Å². The standard InChI is InChI=1S/C25H32ClN2/c1-25(22-11-4-2-5-12-22,20-21-10-8-9-15-24(21)26)28-18-16-27(17-19-28)23-13-6-3-7-14-23/h2,4-5,8-12,15,23H,1,3,6-7,13-14,16-20H2. The number of hydrogen-bond donors (Lipinski definition) is 0. The number of nitrogens with zero attached hydrogens (tertiary/aromatic N) is 2. The van der Waals surface area contributed by atoms with E-state index in [-0.39, 0.29) is 5.54 Å². The van der Waals surface area contributed by atoms with Gasteiger partial charge in [0.1, 0.15) is 0 Å². The molecule has 4 rings (SSSR count). The van der Waals surface area contributed by atoms with Crippen molar-refractivity contribution in [1.29, 1.82) is 0 Å². The second kappa shape index (κ2) is 8.98. The van der Waals surface area contributed by atoms with E-state index in [0.717, 1.165) is 43.7 Å². The van der Waals surface area contributed by atoms with Crippen LogP contribution in [0.4, 0.5) is 0 Å². The van der Waals surface area contributed by atoms with Crippen LogP contribution >= 0.6 is 11.6 Å². The number of rotatable bonds is 5. The van der Waals surface area contributed by atoms with Gasteiger partial charge in [0.15, 0.2) is 0 Å². The van der Waals surface area contributed by atoms with Crippen molar-refractivity contribution < 1.29 is 0 Å². The molecule has 2 aromatic carbocycles. The fourth-order valence-corrected chi connectivity index (χ4v) is 5.27. The molecule has 0 aromatic heterocycles. The molecule has 0 N–H and O–H groups in total. The van der Waals surface area contributed by atoms with E-state index in [4.69, 9.17) is 18.5 Å². The fourth-order valence-electron chi connectivity index (χ4n) is 5.06. The van der Waals surface area contributed by atoms with Crippen LogP contribution in [-0.2, 0) is 12.0 Å². The lowest BCUT2D eigenvalue weighted by atomic mass is 9.83. The Morgan fingerprint density at radius 2 is 1.50 bits per heavy atom. The molecule has 28 heavy (non-hydrogen) atoms. The molecule has 1 aliphatic carbocycles. The Balaban J connectivity index is 1.54. The van der Waals surface area contributed by atoms with Gasteiger partial charge in [0, 0.05) is 37.2 Å². The first-order valence-corrected chi connectivity index (χ1v) is 11.2. The number of halogens is 1. The zero-order chi connectivity index (χ0) is 19.4. The van der Waals surface area contributed by atoms with Crippen LogP contribution < -0.4 is 0 Å². The molecule has 1 saturated carbocycles. The first-order chi connectivity index (χ1) is 13.7. The predicted molar refractivity (Wildman–Crippen MR) is 119 cm³/mol. The highest BCUT2D eigenvalue weighted by Crippen LogP contribution is 2.35. The molecular formula is C25H32ClN2. The normalized spacial score (nSPS) is 22.1. The molecule has 0 spiro atoms. The molecule has 1 saturated heterocycles. The molecular weight excluding hydrogens is 364 g/mol. The Bertz CT molecular complexity index is 748. The van der Waals surface area contributed by atoms with Gasteiger partial charge in [-0.25, -0.2) is 0 Å². The van der Waals surface area contributed by atoms with Gasteiger partial charge >= 0.3 is 0 Å². The maximum Gasteiger partial charge on any atom is 0.0503 e. The van der Waals surface area contributed by atoms with Crippen molar-refractivity contribution in [1.82, 2.24) is 9.80 Å². The molecule has 2 aliphatic rings. The minimum absolute atomic E-state index is 0.287. The summed E-state index contributed by atoms with van der Waals surface area (Å²) in [5.74, 6) is 0. The molecule has 2 fully saturated rings. The van der Waals surface area contributed by atoms with E-state index in [0.29, 0.717) is 0 Å². The van der Waals surface area contributed by atoms with Crippen LogP contribution in [0.15, 0.2) is 54.6 Å². The van der Waals surface area contributed by atoms with E-state index in [1.165, 1.54) is 43.2 Å². The van der Waals surface area contributed by atoms with E-state index in [2.05, 4.69) is 52.3 Å². The van der Waals surface area contributed by atoms with Gasteiger partial charge in [-0.05, 0) is 43.4 Å². The summed E-state index contributed by atoms with van der Waals surface area (Å²) in [5, 5.41) is 0.840. The first-order valence-electron chi connectivity index (χ1n) is 10.8. The van der Waals surface area contributed by atoms with Crippen LogP contribution in [0.3, 0.4) is 0 Å².